The molecule has 2 aromatic carbocycles. The molecule has 13 heteroatoms. The van der Waals surface area contributed by atoms with Gasteiger partial charge in [-0.15, -0.1) is 0 Å². The van der Waals surface area contributed by atoms with Crippen LogP contribution in [-0.4, -0.2) is 119 Å². The van der Waals surface area contributed by atoms with Crippen molar-refractivity contribution in [3.63, 3.8) is 0 Å². The van der Waals surface area contributed by atoms with Crippen LogP contribution in [0.3, 0.4) is 0 Å². The van der Waals surface area contributed by atoms with Crippen molar-refractivity contribution in [1.82, 2.24) is 9.80 Å². The Labute approximate surface area is 240 Å². The number of nitrogens with zero attached hydrogens (tertiary/aromatic N) is 3. The molecule has 11 nitrogen and oxygen atoms in total. The van der Waals surface area contributed by atoms with Gasteiger partial charge in [-0.05, 0) is 43.3 Å². The number of carbonyl (C=O) groups is 2. The van der Waals surface area contributed by atoms with E-state index in [0.717, 1.165) is 38.3 Å². The van der Waals surface area contributed by atoms with Gasteiger partial charge in [0.1, 0.15) is 18.3 Å². The smallest absolute Gasteiger partial charge is 0.335 e. The van der Waals surface area contributed by atoms with Crippen molar-refractivity contribution < 1.29 is 39.5 Å². The first-order chi connectivity index (χ1) is 19.2. The van der Waals surface area contributed by atoms with Crippen molar-refractivity contribution in [2.24, 2.45) is 0 Å². The normalized spacial score (nSPS) is 27.1. The predicted molar refractivity (Wildman–Crippen MR) is 147 cm³/mol. The summed E-state index contributed by atoms with van der Waals surface area (Å²) in [6, 6.07) is 14.3. The Hall–Kier alpha value is -2.42. The molecule has 2 saturated heterocycles. The maximum Gasteiger partial charge on any atom is 0.335 e. The Morgan fingerprint density at radius 3 is 2.38 bits per heavy atom. The van der Waals surface area contributed by atoms with Crippen LogP contribution in [0.4, 0.5) is 11.4 Å². The van der Waals surface area contributed by atoms with E-state index in [4.69, 9.17) is 26.2 Å². The summed E-state index contributed by atoms with van der Waals surface area (Å²) in [7, 11) is 0. The lowest BCUT2D eigenvalue weighted by Gasteiger charge is -2.38. The zero-order valence-corrected chi connectivity index (χ0v) is 23.2. The zero-order valence-electron chi connectivity index (χ0n) is 21.6. The predicted octanol–water partition coefficient (Wildman–Crippen LogP) is 1.39. The number of fused-ring (bicyclic) bond motifs is 2. The number of halogens is 1. The number of hydrogen-bond acceptors (Lipinski definition) is 11. The summed E-state index contributed by atoms with van der Waals surface area (Å²) in [5.41, 5.74) is 2.29. The third-order valence-corrected chi connectivity index (χ3v) is 8.69. The highest BCUT2D eigenvalue weighted by molar-refractivity contribution is 7.99. The van der Waals surface area contributed by atoms with E-state index >= 15 is 0 Å². The standard InChI is InChI=1S/C27H32ClN3O8S/c28-16-6-7-20-18(14-16)31(17-4-1-2-5-19(17)40-20)9-3-8-29-10-12-30(13-11-29)15-21(32)38-27-24(35)22(33)23(34)25(39-27)26(36)37/h1-2,4-7,14,22-25,27,33-35H,3,8-13,15H2,(H,36,37). The lowest BCUT2D eigenvalue weighted by Crippen LogP contribution is -2.61. The van der Waals surface area contributed by atoms with Gasteiger partial charge in [-0.3, -0.25) is 9.69 Å². The summed E-state index contributed by atoms with van der Waals surface area (Å²) in [6.07, 6.45) is -8.00. The van der Waals surface area contributed by atoms with E-state index in [1.165, 1.54) is 15.5 Å². The quantitative estimate of drug-likeness (QED) is 0.328. The second-order valence-corrected chi connectivity index (χ2v) is 11.5. The molecule has 0 aliphatic carbocycles. The van der Waals surface area contributed by atoms with Crippen LogP contribution < -0.4 is 4.90 Å². The minimum atomic E-state index is -1.84. The van der Waals surface area contributed by atoms with Crippen LogP contribution >= 0.6 is 23.4 Å². The number of hydrogen-bond donors (Lipinski definition) is 4. The molecular formula is C27H32ClN3O8S. The number of esters is 1. The average Bonchev–Trinajstić information content (AvgIpc) is 2.94. The van der Waals surface area contributed by atoms with Crippen LogP contribution in [0.1, 0.15) is 6.42 Å². The number of aliphatic carboxylic acids is 1. The summed E-state index contributed by atoms with van der Waals surface area (Å²) in [6.45, 7) is 4.43. The molecule has 5 rings (SSSR count). The summed E-state index contributed by atoms with van der Waals surface area (Å²) < 4.78 is 10.1. The molecule has 5 atom stereocenters. The van der Waals surface area contributed by atoms with Crippen LogP contribution in [0.25, 0.3) is 0 Å². The number of carboxylic acids is 1. The fourth-order valence-electron chi connectivity index (χ4n) is 5.17. The number of carbonyl (C=O) groups excluding carboxylic acids is 1. The van der Waals surface area contributed by atoms with Crippen LogP contribution in [0, 0.1) is 0 Å². The maximum atomic E-state index is 12.5. The van der Waals surface area contributed by atoms with E-state index < -0.39 is 42.6 Å². The fraction of sp³-hybridized carbons (Fsp3) is 0.481. The minimum Gasteiger partial charge on any atom is -0.479 e. The molecule has 0 radical (unpaired) electrons. The Kier molecular flexibility index (Phi) is 9.18. The molecule has 0 aromatic heterocycles. The number of anilines is 2. The van der Waals surface area contributed by atoms with Gasteiger partial charge in [-0.2, -0.15) is 0 Å². The topological polar surface area (TPSA) is 143 Å². The molecule has 5 unspecified atom stereocenters. The largest absolute Gasteiger partial charge is 0.479 e. The first-order valence-electron chi connectivity index (χ1n) is 13.1. The molecule has 40 heavy (non-hydrogen) atoms. The van der Waals surface area contributed by atoms with E-state index in [1.54, 1.807) is 11.8 Å². The lowest BCUT2D eigenvalue weighted by molar-refractivity contribution is -0.286. The molecule has 0 amide bonds. The van der Waals surface area contributed by atoms with E-state index in [0.29, 0.717) is 18.1 Å². The van der Waals surface area contributed by atoms with Gasteiger partial charge in [0.05, 0.1) is 17.9 Å². The van der Waals surface area contributed by atoms with Gasteiger partial charge in [0.25, 0.3) is 0 Å². The number of carboxylic acid groups (broad SMARTS) is 1. The minimum absolute atomic E-state index is 0.0728. The molecule has 216 valence electrons. The number of rotatable bonds is 8. The first kappa shape index (κ1) is 29.1. The number of benzene rings is 2. The molecule has 0 bridgehead atoms. The molecule has 2 fully saturated rings. The number of aliphatic hydroxyl groups is 3. The second kappa shape index (κ2) is 12.6. The Morgan fingerprint density at radius 2 is 1.62 bits per heavy atom. The van der Waals surface area contributed by atoms with Crippen molar-refractivity contribution >= 4 is 46.7 Å². The highest BCUT2D eigenvalue weighted by Crippen LogP contribution is 2.48. The summed E-state index contributed by atoms with van der Waals surface area (Å²) >= 11 is 8.07. The van der Waals surface area contributed by atoms with Crippen molar-refractivity contribution in [1.29, 1.82) is 0 Å². The monoisotopic (exact) mass is 593 g/mol. The van der Waals surface area contributed by atoms with Crippen molar-refractivity contribution in [2.75, 3.05) is 50.7 Å². The Bertz CT molecular complexity index is 1230. The highest BCUT2D eigenvalue weighted by Gasteiger charge is 2.48. The van der Waals surface area contributed by atoms with Crippen molar-refractivity contribution in [3.05, 3.63) is 47.5 Å². The molecule has 3 aliphatic heterocycles. The van der Waals surface area contributed by atoms with Gasteiger partial charge in [0, 0.05) is 47.5 Å². The van der Waals surface area contributed by atoms with E-state index in [9.17, 15) is 24.9 Å². The van der Waals surface area contributed by atoms with Gasteiger partial charge in [-0.25, -0.2) is 4.79 Å². The van der Waals surface area contributed by atoms with Crippen LogP contribution in [0.5, 0.6) is 0 Å². The Morgan fingerprint density at radius 1 is 0.925 bits per heavy atom. The maximum absolute atomic E-state index is 12.5. The molecule has 3 aliphatic rings. The molecule has 0 spiro atoms. The molecule has 0 saturated carbocycles. The van der Waals surface area contributed by atoms with Gasteiger partial charge in [0.15, 0.2) is 6.10 Å². The van der Waals surface area contributed by atoms with Gasteiger partial charge in [-0.1, -0.05) is 35.5 Å². The number of piperazine rings is 1. The Balaban J connectivity index is 1.08. The first-order valence-corrected chi connectivity index (χ1v) is 14.3. The van der Waals surface area contributed by atoms with E-state index in [1.807, 2.05) is 29.2 Å². The van der Waals surface area contributed by atoms with Crippen LogP contribution in [0.15, 0.2) is 52.3 Å². The molecule has 3 heterocycles. The summed E-state index contributed by atoms with van der Waals surface area (Å²) in [5.74, 6) is -2.25. The molecule has 2 aromatic rings. The third kappa shape index (κ3) is 6.39. The lowest BCUT2D eigenvalue weighted by atomic mass is 9.99. The fourth-order valence-corrected chi connectivity index (χ4v) is 6.41. The summed E-state index contributed by atoms with van der Waals surface area (Å²) in [5, 5.41) is 39.6. The zero-order chi connectivity index (χ0) is 28.4. The number of aliphatic hydroxyl groups excluding tert-OH is 3. The summed E-state index contributed by atoms with van der Waals surface area (Å²) in [4.78, 5) is 32.7. The molecule has 4 N–H and O–H groups in total. The van der Waals surface area contributed by atoms with Crippen molar-refractivity contribution in [3.8, 4) is 0 Å². The van der Waals surface area contributed by atoms with Crippen LogP contribution in [0.2, 0.25) is 5.02 Å². The number of ether oxygens (including phenoxy) is 2. The van der Waals surface area contributed by atoms with Crippen LogP contribution in [-0.2, 0) is 19.1 Å². The third-order valence-electron chi connectivity index (χ3n) is 7.32. The van der Waals surface area contributed by atoms with E-state index in [-0.39, 0.29) is 6.54 Å². The van der Waals surface area contributed by atoms with Gasteiger partial charge >= 0.3 is 11.9 Å². The van der Waals surface area contributed by atoms with Crippen molar-refractivity contribution in [2.45, 2.75) is 46.9 Å². The van der Waals surface area contributed by atoms with Gasteiger partial charge < -0.3 is 39.7 Å². The number of para-hydroxylation sites is 1. The highest BCUT2D eigenvalue weighted by atomic mass is 35.5. The second-order valence-electron chi connectivity index (χ2n) is 10.0. The molecular weight excluding hydrogens is 562 g/mol. The van der Waals surface area contributed by atoms with E-state index in [2.05, 4.69) is 28.0 Å². The SMILES string of the molecule is O=C(CN1CCN(CCCN2c3ccccc3Sc3ccc(Cl)cc32)CC1)OC1OC(C(=O)O)C(O)C(O)C1O. The van der Waals surface area contributed by atoms with Gasteiger partial charge in [0.2, 0.25) is 6.29 Å². The average molecular weight is 594 g/mol.